The van der Waals surface area contributed by atoms with E-state index in [9.17, 15) is 23.1 Å². The summed E-state index contributed by atoms with van der Waals surface area (Å²) in [5, 5.41) is 11.5. The van der Waals surface area contributed by atoms with Crippen LogP contribution in [0.3, 0.4) is 0 Å². The number of hydrogen-bond acceptors (Lipinski definition) is 3. The molecule has 0 saturated carbocycles. The third-order valence-electron chi connectivity index (χ3n) is 2.77. The Balaban J connectivity index is 2.37. The summed E-state index contributed by atoms with van der Waals surface area (Å²) in [6, 6.07) is 8.61. The summed E-state index contributed by atoms with van der Waals surface area (Å²) in [5.74, 6) is -1.80. The number of aliphatic carboxylic acids is 1. The van der Waals surface area contributed by atoms with Gasteiger partial charge < -0.3 is 10.4 Å². The SMILES string of the molecule is O=C(O)C(Nc1ncccc1C(F)(F)F)c1ccccc1. The molecule has 0 spiro atoms. The number of anilines is 1. The normalized spacial score (nSPS) is 12.7. The lowest BCUT2D eigenvalue weighted by Crippen LogP contribution is -2.23. The van der Waals surface area contributed by atoms with E-state index in [0.29, 0.717) is 5.56 Å². The molecule has 0 aliphatic rings. The van der Waals surface area contributed by atoms with Crippen LogP contribution in [0.2, 0.25) is 0 Å². The van der Waals surface area contributed by atoms with Crippen molar-refractivity contribution in [2.24, 2.45) is 0 Å². The van der Waals surface area contributed by atoms with Gasteiger partial charge in [0.05, 0.1) is 5.56 Å². The molecule has 0 bridgehead atoms. The Hall–Kier alpha value is -2.57. The van der Waals surface area contributed by atoms with Gasteiger partial charge in [-0.15, -0.1) is 0 Å². The second kappa shape index (κ2) is 5.82. The minimum atomic E-state index is -4.61. The first-order valence-electron chi connectivity index (χ1n) is 5.96. The van der Waals surface area contributed by atoms with Crippen LogP contribution in [0.1, 0.15) is 17.2 Å². The zero-order valence-corrected chi connectivity index (χ0v) is 10.6. The number of halogens is 3. The van der Waals surface area contributed by atoms with Crippen LogP contribution in [-0.2, 0) is 11.0 Å². The van der Waals surface area contributed by atoms with Crippen LogP contribution >= 0.6 is 0 Å². The molecule has 0 fully saturated rings. The Bertz CT molecular complexity index is 630. The molecule has 0 aliphatic heterocycles. The van der Waals surface area contributed by atoms with Crippen LogP contribution in [0.15, 0.2) is 48.7 Å². The number of rotatable bonds is 4. The van der Waals surface area contributed by atoms with E-state index < -0.39 is 29.6 Å². The van der Waals surface area contributed by atoms with Crippen LogP contribution in [0.5, 0.6) is 0 Å². The third-order valence-corrected chi connectivity index (χ3v) is 2.77. The van der Waals surface area contributed by atoms with Crippen molar-refractivity contribution in [3.63, 3.8) is 0 Å². The van der Waals surface area contributed by atoms with Gasteiger partial charge in [-0.1, -0.05) is 30.3 Å². The highest BCUT2D eigenvalue weighted by Gasteiger charge is 2.35. The first kappa shape index (κ1) is 14.8. The van der Waals surface area contributed by atoms with Crippen LogP contribution in [0.25, 0.3) is 0 Å². The van der Waals surface area contributed by atoms with E-state index in [4.69, 9.17) is 0 Å². The molecule has 7 heteroatoms. The van der Waals surface area contributed by atoms with E-state index in [2.05, 4.69) is 10.3 Å². The van der Waals surface area contributed by atoms with E-state index in [-0.39, 0.29) is 0 Å². The summed E-state index contributed by atoms with van der Waals surface area (Å²) in [6.07, 6.45) is -3.45. The molecular weight excluding hydrogens is 285 g/mol. The van der Waals surface area contributed by atoms with Crippen molar-refractivity contribution in [3.05, 3.63) is 59.8 Å². The number of hydrogen-bond donors (Lipinski definition) is 2. The summed E-state index contributed by atoms with van der Waals surface area (Å²) in [4.78, 5) is 14.9. The standard InChI is InChI=1S/C14H11F3N2O2/c15-14(16,17)10-7-4-8-18-12(10)19-11(13(20)21)9-5-2-1-3-6-9/h1-8,11H,(H,18,19)(H,20,21). The van der Waals surface area contributed by atoms with E-state index in [1.165, 1.54) is 18.3 Å². The fourth-order valence-electron chi connectivity index (χ4n) is 1.82. The molecule has 0 aliphatic carbocycles. The summed E-state index contributed by atoms with van der Waals surface area (Å²) in [7, 11) is 0. The molecule has 1 aromatic carbocycles. The quantitative estimate of drug-likeness (QED) is 0.908. The minimum Gasteiger partial charge on any atom is -0.479 e. The molecule has 21 heavy (non-hydrogen) atoms. The highest BCUT2D eigenvalue weighted by Crippen LogP contribution is 2.34. The van der Waals surface area contributed by atoms with Crippen LogP contribution < -0.4 is 5.32 Å². The highest BCUT2D eigenvalue weighted by atomic mass is 19.4. The van der Waals surface area contributed by atoms with Crippen molar-refractivity contribution in [3.8, 4) is 0 Å². The fourth-order valence-corrected chi connectivity index (χ4v) is 1.82. The van der Waals surface area contributed by atoms with Crippen molar-refractivity contribution in [1.29, 1.82) is 0 Å². The van der Waals surface area contributed by atoms with Crippen LogP contribution in [0, 0.1) is 0 Å². The summed E-state index contributed by atoms with van der Waals surface area (Å²) >= 11 is 0. The molecular formula is C14H11F3N2O2. The average Bonchev–Trinajstić information content (AvgIpc) is 2.44. The second-order valence-corrected chi connectivity index (χ2v) is 4.22. The maximum Gasteiger partial charge on any atom is 0.419 e. The lowest BCUT2D eigenvalue weighted by Gasteiger charge is -2.18. The van der Waals surface area contributed by atoms with Gasteiger partial charge in [-0.25, -0.2) is 9.78 Å². The monoisotopic (exact) mass is 296 g/mol. The van der Waals surface area contributed by atoms with Gasteiger partial charge in [0.25, 0.3) is 0 Å². The van der Waals surface area contributed by atoms with Crippen molar-refractivity contribution in [2.75, 3.05) is 5.32 Å². The lowest BCUT2D eigenvalue weighted by molar-refractivity contribution is -0.139. The molecule has 0 radical (unpaired) electrons. The van der Waals surface area contributed by atoms with Crippen LogP contribution in [-0.4, -0.2) is 16.1 Å². The Morgan fingerprint density at radius 3 is 2.38 bits per heavy atom. The molecule has 0 amide bonds. The molecule has 2 rings (SSSR count). The smallest absolute Gasteiger partial charge is 0.419 e. The van der Waals surface area contributed by atoms with Gasteiger partial charge in [-0.2, -0.15) is 13.2 Å². The molecule has 1 atom stereocenters. The first-order valence-corrected chi connectivity index (χ1v) is 5.96. The van der Waals surface area contributed by atoms with Crippen molar-refractivity contribution >= 4 is 11.8 Å². The second-order valence-electron chi connectivity index (χ2n) is 4.22. The van der Waals surface area contributed by atoms with E-state index in [0.717, 1.165) is 12.1 Å². The Morgan fingerprint density at radius 2 is 1.81 bits per heavy atom. The minimum absolute atomic E-state index is 0.337. The van der Waals surface area contributed by atoms with Gasteiger partial charge >= 0.3 is 12.1 Å². The molecule has 2 N–H and O–H groups in total. The van der Waals surface area contributed by atoms with Crippen LogP contribution in [0.4, 0.5) is 19.0 Å². The predicted molar refractivity (Wildman–Crippen MR) is 69.7 cm³/mol. The van der Waals surface area contributed by atoms with Crippen molar-refractivity contribution < 1.29 is 23.1 Å². The number of benzene rings is 1. The summed E-state index contributed by atoms with van der Waals surface area (Å²) in [5.41, 5.74) is -0.670. The largest absolute Gasteiger partial charge is 0.479 e. The maximum absolute atomic E-state index is 12.9. The number of nitrogens with one attached hydrogen (secondary N) is 1. The van der Waals surface area contributed by atoms with Gasteiger partial charge in [0, 0.05) is 6.20 Å². The molecule has 0 saturated heterocycles. The van der Waals surface area contributed by atoms with E-state index >= 15 is 0 Å². The van der Waals surface area contributed by atoms with Gasteiger partial charge in [0.2, 0.25) is 0 Å². The molecule has 110 valence electrons. The molecule has 1 heterocycles. The fraction of sp³-hybridized carbons (Fsp3) is 0.143. The van der Waals surface area contributed by atoms with Gasteiger partial charge in [0.1, 0.15) is 5.82 Å². The van der Waals surface area contributed by atoms with Crippen molar-refractivity contribution in [2.45, 2.75) is 12.2 Å². The topological polar surface area (TPSA) is 62.2 Å². The van der Waals surface area contributed by atoms with E-state index in [1.54, 1.807) is 18.2 Å². The highest BCUT2D eigenvalue weighted by molar-refractivity contribution is 5.79. The number of nitrogens with zero attached hydrogens (tertiary/aromatic N) is 1. The maximum atomic E-state index is 12.9. The number of alkyl halides is 3. The van der Waals surface area contributed by atoms with Gasteiger partial charge in [0.15, 0.2) is 6.04 Å². The van der Waals surface area contributed by atoms with Gasteiger partial charge in [-0.05, 0) is 17.7 Å². The van der Waals surface area contributed by atoms with E-state index in [1.807, 2.05) is 0 Å². The Morgan fingerprint density at radius 1 is 1.14 bits per heavy atom. The molecule has 4 nitrogen and oxygen atoms in total. The Kier molecular flexibility index (Phi) is 4.11. The number of carbonyl (C=O) groups is 1. The summed E-state index contributed by atoms with van der Waals surface area (Å²) < 4.78 is 38.6. The Labute approximate surface area is 118 Å². The molecule has 1 aromatic heterocycles. The lowest BCUT2D eigenvalue weighted by atomic mass is 10.1. The molecule has 2 aromatic rings. The zero-order chi connectivity index (χ0) is 15.5. The van der Waals surface area contributed by atoms with Crippen molar-refractivity contribution in [1.82, 2.24) is 4.98 Å². The molecule has 1 unspecified atom stereocenters. The predicted octanol–water partition coefficient (Wildman–Crippen LogP) is 3.34. The third kappa shape index (κ3) is 3.50. The number of carboxylic acids is 1. The van der Waals surface area contributed by atoms with Gasteiger partial charge in [-0.3, -0.25) is 0 Å². The number of aromatic nitrogens is 1. The number of pyridine rings is 1. The average molecular weight is 296 g/mol. The number of carboxylic acid groups (broad SMARTS) is 1. The zero-order valence-electron chi connectivity index (χ0n) is 10.6. The first-order chi connectivity index (χ1) is 9.89. The summed E-state index contributed by atoms with van der Waals surface area (Å²) in [6.45, 7) is 0.